The van der Waals surface area contributed by atoms with Crippen molar-refractivity contribution in [3.05, 3.63) is 24.8 Å². The Kier molecular flexibility index (Phi) is 4.67. The molecule has 1 fully saturated rings. The van der Waals surface area contributed by atoms with Crippen molar-refractivity contribution in [3.8, 4) is 5.75 Å². The third-order valence-electron chi connectivity index (χ3n) is 3.99. The largest absolute Gasteiger partial charge is 0.506 e. The van der Waals surface area contributed by atoms with E-state index in [9.17, 15) is 5.11 Å². The summed E-state index contributed by atoms with van der Waals surface area (Å²) in [7, 11) is -0.490. The number of rotatable bonds is 2. The molecule has 3 N–H and O–H groups in total. The van der Waals surface area contributed by atoms with Crippen molar-refractivity contribution in [2.24, 2.45) is 5.73 Å². The van der Waals surface area contributed by atoms with Crippen LogP contribution in [0.15, 0.2) is 12.1 Å². The number of hydrogen-bond acceptors (Lipinski definition) is 4. The van der Waals surface area contributed by atoms with E-state index >= 15 is 0 Å². The molecular weight excluding hydrogens is 483 g/mol. The van der Waals surface area contributed by atoms with Gasteiger partial charge >= 0.3 is 7.12 Å². The Balaban J connectivity index is 2.28. The van der Waals surface area contributed by atoms with Crippen LogP contribution in [0.2, 0.25) is 0 Å². The second-order valence-electron chi connectivity index (χ2n) is 5.98. The van der Waals surface area contributed by atoms with Crippen LogP contribution in [0, 0.1) is 7.14 Å². The van der Waals surface area contributed by atoms with Crippen molar-refractivity contribution in [3.63, 3.8) is 0 Å². The third-order valence-corrected chi connectivity index (χ3v) is 5.63. The summed E-state index contributed by atoms with van der Waals surface area (Å²) < 4.78 is 13.5. The van der Waals surface area contributed by atoms with Crippen LogP contribution in [0.3, 0.4) is 0 Å². The second-order valence-corrected chi connectivity index (χ2v) is 8.31. The van der Waals surface area contributed by atoms with E-state index in [1.807, 2.05) is 39.8 Å². The van der Waals surface area contributed by atoms with Crippen LogP contribution in [0.1, 0.15) is 39.2 Å². The van der Waals surface area contributed by atoms with Gasteiger partial charge in [-0.15, -0.1) is 0 Å². The summed E-state index contributed by atoms with van der Waals surface area (Å²) >= 11 is 4.19. The molecule has 7 heteroatoms. The zero-order valence-corrected chi connectivity index (χ0v) is 16.2. The lowest BCUT2D eigenvalue weighted by Crippen LogP contribution is -2.41. The molecule has 0 amide bonds. The van der Waals surface area contributed by atoms with E-state index in [1.165, 1.54) is 0 Å². The summed E-state index contributed by atoms with van der Waals surface area (Å²) in [5, 5.41) is 9.83. The topological polar surface area (TPSA) is 64.7 Å². The molecule has 1 aromatic rings. The quantitative estimate of drug-likeness (QED) is 0.483. The van der Waals surface area contributed by atoms with E-state index in [2.05, 4.69) is 45.2 Å². The predicted molar refractivity (Wildman–Crippen MR) is 96.6 cm³/mol. The van der Waals surface area contributed by atoms with Crippen LogP contribution in [0.25, 0.3) is 0 Å². The first-order valence-corrected chi connectivity index (χ1v) is 8.50. The molecule has 1 atom stereocenters. The van der Waals surface area contributed by atoms with Gasteiger partial charge in [0.15, 0.2) is 0 Å². The number of phenols is 1. The monoisotopic (exact) mass is 501 g/mol. The molecular formula is C13H18BI2NO3. The molecule has 20 heavy (non-hydrogen) atoms. The molecule has 1 aliphatic rings. The molecule has 0 bridgehead atoms. The zero-order valence-electron chi connectivity index (χ0n) is 11.9. The van der Waals surface area contributed by atoms with Crippen molar-refractivity contribution in [2.75, 3.05) is 0 Å². The van der Waals surface area contributed by atoms with Gasteiger partial charge in [-0.3, -0.25) is 0 Å². The van der Waals surface area contributed by atoms with Crippen LogP contribution < -0.4 is 5.73 Å². The van der Waals surface area contributed by atoms with Gasteiger partial charge < -0.3 is 20.1 Å². The first kappa shape index (κ1) is 16.8. The Bertz CT molecular complexity index is 497. The molecule has 0 aliphatic carbocycles. The van der Waals surface area contributed by atoms with Crippen molar-refractivity contribution < 1.29 is 14.4 Å². The number of aromatic hydroxyl groups is 1. The maximum Gasteiger partial charge on any atom is 0.480 e. The number of phenolic OH excluding ortho intramolecular Hbond substituents is 1. The van der Waals surface area contributed by atoms with Crippen molar-refractivity contribution in [1.82, 2.24) is 0 Å². The first-order valence-electron chi connectivity index (χ1n) is 6.34. The number of halogens is 2. The average Bonchev–Trinajstić information content (AvgIpc) is 2.54. The van der Waals surface area contributed by atoms with Gasteiger partial charge in [0.05, 0.1) is 24.3 Å². The van der Waals surface area contributed by atoms with Crippen molar-refractivity contribution in [1.29, 1.82) is 0 Å². The average molecular weight is 501 g/mol. The molecule has 0 aromatic heterocycles. The Morgan fingerprint density at radius 1 is 1.10 bits per heavy atom. The highest BCUT2D eigenvalue weighted by Gasteiger charge is 2.53. The van der Waals surface area contributed by atoms with Gasteiger partial charge in [0.2, 0.25) is 0 Å². The second kappa shape index (κ2) is 5.56. The predicted octanol–water partition coefficient (Wildman–Crippen LogP) is 3.23. The van der Waals surface area contributed by atoms with Crippen LogP contribution >= 0.6 is 45.2 Å². The SMILES string of the molecule is CC1(C)OB([C@H](N)c2cc(I)c(O)c(I)c2)OC1(C)C. The molecule has 110 valence electrons. The van der Waals surface area contributed by atoms with Crippen LogP contribution in [-0.2, 0) is 9.31 Å². The molecule has 0 unspecified atom stereocenters. The lowest BCUT2D eigenvalue weighted by Gasteiger charge is -2.32. The summed E-state index contributed by atoms with van der Waals surface area (Å²) in [6.07, 6.45) is 0. The van der Waals surface area contributed by atoms with Crippen molar-refractivity contribution in [2.45, 2.75) is 44.8 Å². The molecule has 0 saturated carbocycles. The van der Waals surface area contributed by atoms with Crippen LogP contribution in [0.4, 0.5) is 0 Å². The smallest absolute Gasteiger partial charge is 0.480 e. The highest BCUT2D eigenvalue weighted by atomic mass is 127. The van der Waals surface area contributed by atoms with E-state index in [0.29, 0.717) is 0 Å². The van der Waals surface area contributed by atoms with Gasteiger partial charge in [-0.25, -0.2) is 0 Å². The summed E-state index contributed by atoms with van der Waals surface area (Å²) in [5.41, 5.74) is 6.40. The van der Waals surface area contributed by atoms with E-state index in [4.69, 9.17) is 15.0 Å². The van der Waals surface area contributed by atoms with Crippen LogP contribution in [0.5, 0.6) is 5.75 Å². The maximum atomic E-state index is 9.83. The van der Waals surface area contributed by atoms with Gasteiger partial charge in [-0.05, 0) is 90.6 Å². The summed E-state index contributed by atoms with van der Waals surface area (Å²) in [5.74, 6) is -0.102. The minimum atomic E-state index is -0.490. The van der Waals surface area contributed by atoms with Gasteiger partial charge in [-0.1, -0.05) is 0 Å². The molecule has 0 radical (unpaired) electrons. The molecule has 1 aromatic carbocycles. The standard InChI is InChI=1S/C13H18BI2NO3/c1-12(2)13(3,4)20-14(19-12)11(17)7-5-8(15)10(18)9(16)6-7/h5-6,11,18H,17H2,1-4H3/t11-/m1/s1. The normalized spacial score (nSPS) is 22.1. The molecule has 1 saturated heterocycles. The van der Waals surface area contributed by atoms with Gasteiger partial charge in [0, 0.05) is 0 Å². The molecule has 0 spiro atoms. The Hall–Kier alpha value is 0.425. The number of nitrogens with two attached hydrogens (primary N) is 1. The summed E-state index contributed by atoms with van der Waals surface area (Å²) in [6.45, 7) is 8.02. The fourth-order valence-corrected chi connectivity index (χ4v) is 3.79. The molecule has 2 rings (SSSR count). The highest BCUT2D eigenvalue weighted by molar-refractivity contribution is 14.1. The van der Waals surface area contributed by atoms with Gasteiger partial charge in [0.25, 0.3) is 0 Å². The zero-order chi connectivity index (χ0) is 15.3. The third kappa shape index (κ3) is 2.97. The van der Waals surface area contributed by atoms with E-state index in [-0.39, 0.29) is 5.75 Å². The molecule has 1 aliphatic heterocycles. The maximum absolute atomic E-state index is 9.83. The lowest BCUT2D eigenvalue weighted by molar-refractivity contribution is 0.00578. The fourth-order valence-electron chi connectivity index (χ4n) is 1.97. The summed E-state index contributed by atoms with van der Waals surface area (Å²) in [4.78, 5) is 0. The Morgan fingerprint density at radius 2 is 1.50 bits per heavy atom. The van der Waals surface area contributed by atoms with E-state index < -0.39 is 24.3 Å². The van der Waals surface area contributed by atoms with Crippen LogP contribution in [-0.4, -0.2) is 23.4 Å². The lowest BCUT2D eigenvalue weighted by atomic mass is 9.75. The van der Waals surface area contributed by atoms with Gasteiger partial charge in [0.1, 0.15) is 5.75 Å². The minimum absolute atomic E-state index is 0.288. The van der Waals surface area contributed by atoms with E-state index in [1.54, 1.807) is 0 Å². The van der Waals surface area contributed by atoms with Gasteiger partial charge in [-0.2, -0.15) is 0 Å². The Labute approximate surface area is 147 Å². The van der Waals surface area contributed by atoms with Crippen molar-refractivity contribution >= 4 is 52.3 Å². The Morgan fingerprint density at radius 3 is 1.90 bits per heavy atom. The fraction of sp³-hybridized carbons (Fsp3) is 0.538. The summed E-state index contributed by atoms with van der Waals surface area (Å²) in [6, 6.07) is 3.74. The number of hydrogen-bond donors (Lipinski definition) is 2. The number of benzene rings is 1. The van der Waals surface area contributed by atoms with E-state index in [0.717, 1.165) is 12.7 Å². The first-order chi connectivity index (χ1) is 9.05. The molecule has 4 nitrogen and oxygen atoms in total. The highest BCUT2D eigenvalue weighted by Crippen LogP contribution is 2.40. The minimum Gasteiger partial charge on any atom is -0.506 e. The molecule has 1 heterocycles.